The van der Waals surface area contributed by atoms with Gasteiger partial charge in [0.1, 0.15) is 5.82 Å². The first-order chi connectivity index (χ1) is 9.19. The summed E-state index contributed by atoms with van der Waals surface area (Å²) in [5.41, 5.74) is 8.19. The summed E-state index contributed by atoms with van der Waals surface area (Å²) < 4.78 is 0. The molecule has 1 aromatic carbocycles. The van der Waals surface area contributed by atoms with Crippen molar-refractivity contribution in [3.8, 4) is 0 Å². The minimum Gasteiger partial charge on any atom is -0.340 e. The quantitative estimate of drug-likeness (QED) is 0.783. The lowest BCUT2D eigenvalue weighted by Gasteiger charge is -2.10. The highest BCUT2D eigenvalue weighted by Gasteiger charge is 2.03. The molecule has 0 saturated carbocycles. The molecule has 0 fully saturated rings. The van der Waals surface area contributed by atoms with E-state index in [2.05, 4.69) is 15.6 Å². The van der Waals surface area contributed by atoms with Crippen molar-refractivity contribution >= 4 is 23.1 Å². The summed E-state index contributed by atoms with van der Waals surface area (Å²) in [6, 6.07) is 11.2. The van der Waals surface area contributed by atoms with Crippen LogP contribution in [-0.4, -0.2) is 10.9 Å². The summed E-state index contributed by atoms with van der Waals surface area (Å²) in [6.45, 7) is 1.90. The molecule has 0 aliphatic carbocycles. The number of rotatable bonds is 4. The minimum atomic E-state index is -0.0994. The van der Waals surface area contributed by atoms with Crippen LogP contribution in [-0.2, 0) is 11.3 Å². The summed E-state index contributed by atoms with van der Waals surface area (Å²) in [5, 5.41) is 5.93. The van der Waals surface area contributed by atoms with Gasteiger partial charge in [-0.25, -0.2) is 4.98 Å². The number of aromatic nitrogens is 1. The topological polar surface area (TPSA) is 80.0 Å². The largest absolute Gasteiger partial charge is 0.340 e. The predicted octanol–water partition coefficient (Wildman–Crippen LogP) is 2.24. The molecule has 1 heterocycles. The monoisotopic (exact) mass is 256 g/mol. The fourth-order valence-corrected chi connectivity index (χ4v) is 1.73. The van der Waals surface area contributed by atoms with E-state index in [0.717, 1.165) is 22.8 Å². The van der Waals surface area contributed by atoms with Gasteiger partial charge in [0.15, 0.2) is 0 Å². The number of benzene rings is 1. The number of carbonyl (C=O) groups is 1. The molecular formula is C14H16N4O. The summed E-state index contributed by atoms with van der Waals surface area (Å²) in [7, 11) is 0. The molecule has 0 atom stereocenters. The van der Waals surface area contributed by atoms with Crippen molar-refractivity contribution in [1.82, 2.24) is 4.98 Å². The average molecular weight is 256 g/mol. The Kier molecular flexibility index (Phi) is 4.10. The van der Waals surface area contributed by atoms with Crippen LogP contribution in [0.15, 0.2) is 42.6 Å². The molecule has 2 aromatic rings. The van der Waals surface area contributed by atoms with Gasteiger partial charge in [0.2, 0.25) is 5.91 Å². The molecule has 5 heteroatoms. The van der Waals surface area contributed by atoms with Crippen molar-refractivity contribution in [2.45, 2.75) is 13.5 Å². The van der Waals surface area contributed by atoms with Gasteiger partial charge in [-0.2, -0.15) is 0 Å². The Labute approximate surface area is 111 Å². The Morgan fingerprint density at radius 3 is 2.79 bits per heavy atom. The van der Waals surface area contributed by atoms with Gasteiger partial charge in [-0.15, -0.1) is 0 Å². The van der Waals surface area contributed by atoms with Gasteiger partial charge in [0.05, 0.1) is 0 Å². The first kappa shape index (κ1) is 13.0. The third kappa shape index (κ3) is 3.53. The molecule has 2 rings (SSSR count). The van der Waals surface area contributed by atoms with E-state index in [1.54, 1.807) is 6.20 Å². The fraction of sp³-hybridized carbons (Fsp3) is 0.143. The van der Waals surface area contributed by atoms with Crippen LogP contribution in [0.2, 0.25) is 0 Å². The molecule has 1 aromatic heterocycles. The van der Waals surface area contributed by atoms with Gasteiger partial charge >= 0.3 is 0 Å². The molecule has 4 N–H and O–H groups in total. The van der Waals surface area contributed by atoms with Crippen molar-refractivity contribution in [1.29, 1.82) is 0 Å². The Morgan fingerprint density at radius 2 is 2.05 bits per heavy atom. The van der Waals surface area contributed by atoms with E-state index in [0.29, 0.717) is 6.54 Å². The zero-order chi connectivity index (χ0) is 13.7. The van der Waals surface area contributed by atoms with E-state index < -0.39 is 0 Å². The number of carbonyl (C=O) groups excluding carboxylic acids is 1. The van der Waals surface area contributed by atoms with Crippen LogP contribution in [0.1, 0.15) is 12.5 Å². The standard InChI is InChI=1S/C14H16N4O/c1-10(19)17-12-5-2-6-13(8-12)18-14-11(9-15)4-3-7-16-14/h2-8H,9,15H2,1H3,(H,16,18)(H,17,19). The third-order valence-corrected chi connectivity index (χ3v) is 2.56. The van der Waals surface area contributed by atoms with Crippen LogP contribution in [0.25, 0.3) is 0 Å². The van der Waals surface area contributed by atoms with E-state index >= 15 is 0 Å². The molecule has 0 saturated heterocycles. The lowest BCUT2D eigenvalue weighted by atomic mass is 10.2. The molecule has 0 spiro atoms. The Bertz CT molecular complexity index is 583. The molecule has 1 amide bonds. The average Bonchev–Trinajstić information content (AvgIpc) is 2.39. The zero-order valence-corrected chi connectivity index (χ0v) is 10.7. The van der Waals surface area contributed by atoms with Crippen LogP contribution in [0, 0.1) is 0 Å². The summed E-state index contributed by atoms with van der Waals surface area (Å²) in [5.74, 6) is 0.627. The maximum absolute atomic E-state index is 11.0. The first-order valence-corrected chi connectivity index (χ1v) is 5.97. The number of hydrogen-bond acceptors (Lipinski definition) is 4. The number of hydrogen-bond donors (Lipinski definition) is 3. The zero-order valence-electron chi connectivity index (χ0n) is 10.7. The van der Waals surface area contributed by atoms with Crippen LogP contribution in [0.4, 0.5) is 17.2 Å². The van der Waals surface area contributed by atoms with Crippen LogP contribution < -0.4 is 16.4 Å². The molecular weight excluding hydrogens is 240 g/mol. The van der Waals surface area contributed by atoms with Crippen molar-refractivity contribution in [3.05, 3.63) is 48.2 Å². The summed E-state index contributed by atoms with van der Waals surface area (Å²) >= 11 is 0. The lowest BCUT2D eigenvalue weighted by molar-refractivity contribution is -0.114. The van der Waals surface area contributed by atoms with Crippen molar-refractivity contribution < 1.29 is 4.79 Å². The first-order valence-electron chi connectivity index (χ1n) is 5.97. The van der Waals surface area contributed by atoms with Crippen molar-refractivity contribution in [2.24, 2.45) is 5.73 Å². The SMILES string of the molecule is CC(=O)Nc1cccc(Nc2ncccc2CN)c1. The van der Waals surface area contributed by atoms with Crippen LogP contribution in [0.5, 0.6) is 0 Å². The van der Waals surface area contributed by atoms with E-state index in [4.69, 9.17) is 5.73 Å². The normalized spacial score (nSPS) is 10.0. The summed E-state index contributed by atoms with van der Waals surface area (Å²) in [6.07, 6.45) is 1.71. The van der Waals surface area contributed by atoms with E-state index in [9.17, 15) is 4.79 Å². The van der Waals surface area contributed by atoms with Gasteiger partial charge in [-0.1, -0.05) is 12.1 Å². The molecule has 0 radical (unpaired) electrons. The molecule has 0 aliphatic rings. The molecule has 5 nitrogen and oxygen atoms in total. The predicted molar refractivity (Wildman–Crippen MR) is 76.2 cm³/mol. The molecule has 19 heavy (non-hydrogen) atoms. The van der Waals surface area contributed by atoms with Gasteiger partial charge in [-0.05, 0) is 24.3 Å². The fourth-order valence-electron chi connectivity index (χ4n) is 1.73. The Hall–Kier alpha value is -2.40. The minimum absolute atomic E-state index is 0.0994. The summed E-state index contributed by atoms with van der Waals surface area (Å²) in [4.78, 5) is 15.3. The van der Waals surface area contributed by atoms with E-state index in [1.165, 1.54) is 6.92 Å². The van der Waals surface area contributed by atoms with Gasteiger partial charge < -0.3 is 16.4 Å². The second-order valence-corrected chi connectivity index (χ2v) is 4.10. The van der Waals surface area contributed by atoms with Crippen molar-refractivity contribution in [3.63, 3.8) is 0 Å². The van der Waals surface area contributed by atoms with E-state index in [-0.39, 0.29) is 5.91 Å². The highest BCUT2D eigenvalue weighted by atomic mass is 16.1. The second-order valence-electron chi connectivity index (χ2n) is 4.10. The van der Waals surface area contributed by atoms with Crippen LogP contribution in [0.3, 0.4) is 0 Å². The number of nitrogens with one attached hydrogen (secondary N) is 2. The smallest absolute Gasteiger partial charge is 0.221 e. The lowest BCUT2D eigenvalue weighted by Crippen LogP contribution is -2.06. The van der Waals surface area contributed by atoms with Gasteiger partial charge in [0.25, 0.3) is 0 Å². The van der Waals surface area contributed by atoms with Gasteiger partial charge in [0, 0.05) is 36.6 Å². The van der Waals surface area contributed by atoms with E-state index in [1.807, 2.05) is 36.4 Å². The highest BCUT2D eigenvalue weighted by molar-refractivity contribution is 5.89. The molecule has 0 unspecified atom stereocenters. The third-order valence-electron chi connectivity index (χ3n) is 2.56. The molecule has 0 aliphatic heterocycles. The van der Waals surface area contributed by atoms with Gasteiger partial charge in [-0.3, -0.25) is 4.79 Å². The number of pyridine rings is 1. The molecule has 98 valence electrons. The Balaban J connectivity index is 2.21. The second kappa shape index (κ2) is 5.97. The number of anilines is 3. The molecule has 0 bridgehead atoms. The number of nitrogens with zero attached hydrogens (tertiary/aromatic N) is 1. The van der Waals surface area contributed by atoms with Crippen LogP contribution >= 0.6 is 0 Å². The Morgan fingerprint density at radius 1 is 1.26 bits per heavy atom. The maximum Gasteiger partial charge on any atom is 0.221 e. The number of nitrogens with two attached hydrogens (primary N) is 1. The number of amides is 1. The highest BCUT2D eigenvalue weighted by Crippen LogP contribution is 2.21. The van der Waals surface area contributed by atoms with Crippen molar-refractivity contribution in [2.75, 3.05) is 10.6 Å². The maximum atomic E-state index is 11.0.